The molecule has 2 nitrogen and oxygen atoms in total. The molecule has 0 aliphatic heterocycles. The summed E-state index contributed by atoms with van der Waals surface area (Å²) in [5.74, 6) is 2.64. The van der Waals surface area contributed by atoms with Gasteiger partial charge in [-0.2, -0.15) is 11.8 Å². The number of aromatic amines is 1. The second kappa shape index (κ2) is 6.93. The van der Waals surface area contributed by atoms with E-state index >= 15 is 0 Å². The number of rotatable bonds is 7. The number of H-pyrrole nitrogens is 1. The van der Waals surface area contributed by atoms with E-state index in [0.29, 0.717) is 0 Å². The average Bonchev–Trinajstić information content (AvgIpc) is 2.63. The first-order chi connectivity index (χ1) is 6.88. The number of hydrogen-bond donors (Lipinski definition) is 1. The topological polar surface area (TPSA) is 19.7 Å². The highest BCUT2D eigenvalue weighted by atomic mass is 32.2. The minimum Gasteiger partial charge on any atom is -0.248 e. The van der Waals surface area contributed by atoms with E-state index in [1.54, 1.807) is 0 Å². The third-order valence-electron chi connectivity index (χ3n) is 2.37. The highest BCUT2D eigenvalue weighted by Crippen LogP contribution is 1.99. The Hall–Kier alpha value is -0.440. The minimum absolute atomic E-state index is 1.16. The normalized spacial score (nSPS) is 10.7. The molecule has 14 heavy (non-hydrogen) atoms. The lowest BCUT2D eigenvalue weighted by Crippen LogP contribution is -2.36. The summed E-state index contributed by atoms with van der Waals surface area (Å²) >= 11 is 1.92. The van der Waals surface area contributed by atoms with Gasteiger partial charge in [0.25, 0.3) is 5.82 Å². The van der Waals surface area contributed by atoms with Gasteiger partial charge in [0.05, 0.1) is 6.54 Å². The molecule has 1 aromatic heterocycles. The van der Waals surface area contributed by atoms with Gasteiger partial charge in [-0.25, -0.2) is 9.55 Å². The first kappa shape index (κ1) is 11.6. The summed E-state index contributed by atoms with van der Waals surface area (Å²) in [5.41, 5.74) is 0. The van der Waals surface area contributed by atoms with Crippen LogP contribution in [0.5, 0.6) is 0 Å². The van der Waals surface area contributed by atoms with Crippen molar-refractivity contribution in [2.24, 2.45) is 0 Å². The predicted octanol–water partition coefficient (Wildman–Crippen LogP) is 2.40. The van der Waals surface area contributed by atoms with E-state index in [9.17, 15) is 0 Å². The van der Waals surface area contributed by atoms with Crippen LogP contribution in [-0.4, -0.2) is 17.0 Å². The number of aromatic nitrogens is 2. The summed E-state index contributed by atoms with van der Waals surface area (Å²) in [4.78, 5) is 3.32. The monoisotopic (exact) mass is 213 g/mol. The fourth-order valence-electron chi connectivity index (χ4n) is 1.55. The first-order valence-electron chi connectivity index (χ1n) is 5.43. The molecule has 0 amide bonds. The van der Waals surface area contributed by atoms with Crippen LogP contribution < -0.4 is 4.57 Å². The summed E-state index contributed by atoms with van der Waals surface area (Å²) in [5, 5.41) is 0. The molecule has 80 valence electrons. The van der Waals surface area contributed by atoms with Gasteiger partial charge in [-0.3, -0.25) is 0 Å². The van der Waals surface area contributed by atoms with E-state index in [0.717, 1.165) is 6.54 Å². The van der Waals surface area contributed by atoms with Crippen molar-refractivity contribution in [2.45, 2.75) is 39.2 Å². The van der Waals surface area contributed by atoms with Crippen molar-refractivity contribution in [3.05, 3.63) is 18.2 Å². The molecule has 0 saturated carbocycles. The number of unbranched alkanes of at least 4 members (excludes halogenated alkanes) is 1. The van der Waals surface area contributed by atoms with Crippen molar-refractivity contribution < 1.29 is 4.57 Å². The van der Waals surface area contributed by atoms with Gasteiger partial charge in [-0.15, -0.1) is 0 Å². The van der Waals surface area contributed by atoms with Crippen molar-refractivity contribution in [1.29, 1.82) is 0 Å². The second-order valence-corrected chi connectivity index (χ2v) is 4.54. The van der Waals surface area contributed by atoms with E-state index in [2.05, 4.69) is 28.9 Å². The maximum atomic E-state index is 3.32. The Morgan fingerprint density at radius 3 is 3.00 bits per heavy atom. The fraction of sp³-hybridized carbons (Fsp3) is 0.727. The summed E-state index contributed by atoms with van der Waals surface area (Å²) in [6, 6.07) is 0. The number of imidazole rings is 1. The van der Waals surface area contributed by atoms with Crippen LogP contribution >= 0.6 is 11.8 Å². The lowest BCUT2D eigenvalue weighted by atomic mass is 10.2. The molecule has 1 rings (SSSR count). The Morgan fingerprint density at radius 2 is 2.29 bits per heavy atom. The van der Waals surface area contributed by atoms with E-state index < -0.39 is 0 Å². The number of nitrogens with one attached hydrogen (secondary N) is 1. The molecule has 0 radical (unpaired) electrons. The molecule has 1 heterocycles. The van der Waals surface area contributed by atoms with Gasteiger partial charge in [0.2, 0.25) is 0 Å². The lowest BCUT2D eigenvalue weighted by molar-refractivity contribution is -0.702. The van der Waals surface area contributed by atoms with Crippen LogP contribution in [0.2, 0.25) is 0 Å². The molecule has 0 aliphatic rings. The fourth-order valence-corrected chi connectivity index (χ4v) is 1.96. The Bertz CT molecular complexity index is 245. The SMILES string of the molecule is CCCCc1[nH]cc[n+]1CCCSC. The highest BCUT2D eigenvalue weighted by molar-refractivity contribution is 7.98. The number of thioether (sulfide) groups is 1. The standard InChI is InChI=1S/C11H20N2S/c1-3-4-6-11-12-7-9-13(11)8-5-10-14-2/h7,9H,3-6,8,10H2,1-2H3/p+1. The molecule has 1 N–H and O–H groups in total. The van der Waals surface area contributed by atoms with Crippen LogP contribution in [0.4, 0.5) is 0 Å². The molecule has 0 unspecified atom stereocenters. The van der Waals surface area contributed by atoms with Gasteiger partial charge in [0.15, 0.2) is 0 Å². The molecule has 1 aromatic rings. The average molecular weight is 213 g/mol. The molecular weight excluding hydrogens is 192 g/mol. The van der Waals surface area contributed by atoms with Crippen molar-refractivity contribution in [2.75, 3.05) is 12.0 Å². The van der Waals surface area contributed by atoms with Crippen LogP contribution in [0.1, 0.15) is 32.0 Å². The molecule has 0 saturated heterocycles. The third kappa shape index (κ3) is 3.74. The van der Waals surface area contributed by atoms with Crippen LogP contribution in [0.25, 0.3) is 0 Å². The van der Waals surface area contributed by atoms with E-state index in [1.165, 1.54) is 37.3 Å². The van der Waals surface area contributed by atoms with Crippen molar-refractivity contribution in [1.82, 2.24) is 4.98 Å². The Kier molecular flexibility index (Phi) is 5.76. The number of aryl methyl sites for hydroxylation is 2. The van der Waals surface area contributed by atoms with E-state index in [1.807, 2.05) is 18.0 Å². The van der Waals surface area contributed by atoms with Crippen LogP contribution in [0.3, 0.4) is 0 Å². The largest absolute Gasteiger partial charge is 0.254 e. The van der Waals surface area contributed by atoms with Crippen molar-refractivity contribution in [3.63, 3.8) is 0 Å². The Labute approximate surface area is 91.1 Å². The van der Waals surface area contributed by atoms with Gasteiger partial charge in [-0.05, 0) is 24.9 Å². The van der Waals surface area contributed by atoms with Crippen LogP contribution in [0.15, 0.2) is 12.4 Å². The van der Waals surface area contributed by atoms with Crippen molar-refractivity contribution in [3.8, 4) is 0 Å². The maximum Gasteiger partial charge on any atom is 0.254 e. The Balaban J connectivity index is 2.37. The molecule has 0 spiro atoms. The number of nitrogens with zero attached hydrogens (tertiary/aromatic N) is 1. The molecule has 0 fully saturated rings. The van der Waals surface area contributed by atoms with Gasteiger partial charge >= 0.3 is 0 Å². The Morgan fingerprint density at radius 1 is 1.43 bits per heavy atom. The quantitative estimate of drug-likeness (QED) is 0.544. The predicted molar refractivity (Wildman–Crippen MR) is 62.6 cm³/mol. The first-order valence-corrected chi connectivity index (χ1v) is 6.82. The van der Waals surface area contributed by atoms with Gasteiger partial charge in [0, 0.05) is 6.42 Å². The molecule has 3 heteroatoms. The molecule has 0 bridgehead atoms. The van der Waals surface area contributed by atoms with E-state index in [4.69, 9.17) is 0 Å². The summed E-state index contributed by atoms with van der Waals surface area (Å²) in [6.07, 6.45) is 11.4. The summed E-state index contributed by atoms with van der Waals surface area (Å²) in [6.45, 7) is 3.39. The smallest absolute Gasteiger partial charge is 0.248 e. The van der Waals surface area contributed by atoms with Gasteiger partial charge < -0.3 is 0 Å². The lowest BCUT2D eigenvalue weighted by Gasteiger charge is -1.99. The zero-order valence-corrected chi connectivity index (χ0v) is 10.1. The van der Waals surface area contributed by atoms with Crippen LogP contribution in [0, 0.1) is 0 Å². The molecular formula is C11H21N2S+. The zero-order valence-electron chi connectivity index (χ0n) is 9.25. The summed E-state index contributed by atoms with van der Waals surface area (Å²) < 4.78 is 2.35. The maximum absolute atomic E-state index is 3.32. The zero-order chi connectivity index (χ0) is 10.2. The number of hydrogen-bond acceptors (Lipinski definition) is 1. The molecule has 0 atom stereocenters. The highest BCUT2D eigenvalue weighted by Gasteiger charge is 2.08. The van der Waals surface area contributed by atoms with E-state index in [-0.39, 0.29) is 0 Å². The van der Waals surface area contributed by atoms with Gasteiger partial charge in [0.1, 0.15) is 12.4 Å². The third-order valence-corrected chi connectivity index (χ3v) is 3.06. The van der Waals surface area contributed by atoms with Gasteiger partial charge in [-0.1, -0.05) is 13.3 Å². The summed E-state index contributed by atoms with van der Waals surface area (Å²) in [7, 11) is 0. The molecule has 0 aliphatic carbocycles. The minimum atomic E-state index is 1.16. The van der Waals surface area contributed by atoms with Crippen LogP contribution in [-0.2, 0) is 13.0 Å². The second-order valence-electron chi connectivity index (χ2n) is 3.55. The van der Waals surface area contributed by atoms with Crippen molar-refractivity contribution >= 4 is 11.8 Å². The molecule has 0 aromatic carbocycles.